The molecule has 3 nitrogen and oxygen atoms in total. The predicted molar refractivity (Wildman–Crippen MR) is 79.4 cm³/mol. The molecule has 0 radical (unpaired) electrons. The van der Waals surface area contributed by atoms with Gasteiger partial charge in [0.2, 0.25) is 0 Å². The molecule has 1 fully saturated rings. The van der Waals surface area contributed by atoms with Gasteiger partial charge in [-0.05, 0) is 43.4 Å². The molecular weight excluding hydrogens is 250 g/mol. The second-order valence-electron chi connectivity index (χ2n) is 5.57. The van der Waals surface area contributed by atoms with Gasteiger partial charge in [0.15, 0.2) is 0 Å². The van der Waals surface area contributed by atoms with Crippen molar-refractivity contribution in [3.8, 4) is 11.8 Å². The highest BCUT2D eigenvalue weighted by Crippen LogP contribution is 2.26. The molecule has 1 aliphatic carbocycles. The third-order valence-corrected chi connectivity index (χ3v) is 3.59. The van der Waals surface area contributed by atoms with Crippen LogP contribution in [0.2, 0.25) is 0 Å². The molecule has 0 aliphatic heterocycles. The van der Waals surface area contributed by atoms with E-state index in [-0.39, 0.29) is 12.5 Å². The summed E-state index contributed by atoms with van der Waals surface area (Å²) in [5.41, 5.74) is 2.44. The van der Waals surface area contributed by atoms with Gasteiger partial charge in [0.1, 0.15) is 0 Å². The Morgan fingerprint density at radius 2 is 2.20 bits per heavy atom. The summed E-state index contributed by atoms with van der Waals surface area (Å²) < 4.78 is 0. The quantitative estimate of drug-likeness (QED) is 0.828. The van der Waals surface area contributed by atoms with Gasteiger partial charge in [-0.1, -0.05) is 24.8 Å². The largest absolute Gasteiger partial charge is 0.395 e. The summed E-state index contributed by atoms with van der Waals surface area (Å²) in [7, 11) is 0. The van der Waals surface area contributed by atoms with Crippen LogP contribution in [0, 0.1) is 24.7 Å². The molecule has 20 heavy (non-hydrogen) atoms. The molecule has 0 bridgehead atoms. The molecule has 1 saturated carbocycles. The fourth-order valence-corrected chi connectivity index (χ4v) is 2.46. The minimum Gasteiger partial charge on any atom is -0.395 e. The lowest BCUT2D eigenvalue weighted by atomic mass is 9.82. The summed E-state index contributed by atoms with van der Waals surface area (Å²) in [6.45, 7) is 4.22. The Bertz CT molecular complexity index is 548. The monoisotopic (exact) mass is 271 g/mol. The number of aliphatic hydroxyl groups excluding tert-OH is 1. The van der Waals surface area contributed by atoms with E-state index in [0.29, 0.717) is 23.9 Å². The Hall–Kier alpha value is -1.79. The average molecular weight is 271 g/mol. The van der Waals surface area contributed by atoms with Crippen molar-refractivity contribution in [2.75, 3.05) is 6.61 Å². The molecule has 106 valence electrons. The SMILES string of the molecule is Cc1ccc(C(=O)NC2CC(C)C2)c(C#CCCO)c1. The van der Waals surface area contributed by atoms with Crippen LogP contribution in [0.5, 0.6) is 0 Å². The first-order valence-corrected chi connectivity index (χ1v) is 7.11. The molecule has 0 unspecified atom stereocenters. The summed E-state index contributed by atoms with van der Waals surface area (Å²) in [6.07, 6.45) is 2.54. The van der Waals surface area contributed by atoms with Crippen molar-refractivity contribution < 1.29 is 9.90 Å². The Labute approximate surface area is 120 Å². The minimum atomic E-state index is -0.0461. The first-order valence-electron chi connectivity index (χ1n) is 7.11. The molecule has 0 spiro atoms. The van der Waals surface area contributed by atoms with Crippen LogP contribution in [0.1, 0.15) is 47.7 Å². The molecule has 1 aromatic carbocycles. The van der Waals surface area contributed by atoms with E-state index in [2.05, 4.69) is 24.1 Å². The highest BCUT2D eigenvalue weighted by molar-refractivity contribution is 5.97. The lowest BCUT2D eigenvalue weighted by Gasteiger charge is -2.33. The molecule has 2 N–H and O–H groups in total. The number of rotatable bonds is 3. The summed E-state index contributed by atoms with van der Waals surface area (Å²) in [5.74, 6) is 6.53. The van der Waals surface area contributed by atoms with E-state index in [1.165, 1.54) is 0 Å². The zero-order valence-corrected chi connectivity index (χ0v) is 12.1. The second kappa shape index (κ2) is 6.58. The van der Waals surface area contributed by atoms with Crippen molar-refractivity contribution in [1.82, 2.24) is 5.32 Å². The standard InChI is InChI=1S/C17H21NO2/c1-12-6-7-16(14(9-12)5-3-4-8-19)17(20)18-15-10-13(2)11-15/h6-7,9,13,15,19H,4,8,10-11H2,1-2H3,(H,18,20). The van der Waals surface area contributed by atoms with Crippen molar-refractivity contribution in [3.63, 3.8) is 0 Å². The van der Waals surface area contributed by atoms with E-state index in [0.717, 1.165) is 24.0 Å². The van der Waals surface area contributed by atoms with Gasteiger partial charge in [-0.3, -0.25) is 4.79 Å². The Kier molecular flexibility index (Phi) is 4.81. The second-order valence-corrected chi connectivity index (χ2v) is 5.57. The van der Waals surface area contributed by atoms with Crippen molar-refractivity contribution in [2.45, 2.75) is 39.2 Å². The number of benzene rings is 1. The van der Waals surface area contributed by atoms with E-state index in [9.17, 15) is 4.79 Å². The van der Waals surface area contributed by atoms with Crippen LogP contribution in [0.3, 0.4) is 0 Å². The molecule has 2 rings (SSSR count). The predicted octanol–water partition coefficient (Wildman–Crippen LogP) is 2.26. The fraction of sp³-hybridized carbons (Fsp3) is 0.471. The van der Waals surface area contributed by atoms with Gasteiger partial charge in [-0.2, -0.15) is 0 Å². The normalized spacial score (nSPS) is 20.6. The lowest BCUT2D eigenvalue weighted by molar-refractivity contribution is 0.0896. The van der Waals surface area contributed by atoms with Gasteiger partial charge >= 0.3 is 0 Å². The maximum absolute atomic E-state index is 12.3. The molecule has 0 aromatic heterocycles. The highest BCUT2D eigenvalue weighted by Gasteiger charge is 2.27. The van der Waals surface area contributed by atoms with Crippen LogP contribution >= 0.6 is 0 Å². The maximum Gasteiger partial charge on any atom is 0.252 e. The number of nitrogens with one attached hydrogen (secondary N) is 1. The third kappa shape index (κ3) is 3.61. The lowest BCUT2D eigenvalue weighted by Crippen LogP contribution is -2.43. The van der Waals surface area contributed by atoms with E-state index in [1.54, 1.807) is 0 Å². The van der Waals surface area contributed by atoms with Gasteiger partial charge in [-0.15, -0.1) is 0 Å². The summed E-state index contributed by atoms with van der Waals surface area (Å²) in [5, 5.41) is 11.8. The molecule has 0 heterocycles. The highest BCUT2D eigenvalue weighted by atomic mass is 16.2. The van der Waals surface area contributed by atoms with Crippen LogP contribution < -0.4 is 5.32 Å². The smallest absolute Gasteiger partial charge is 0.252 e. The van der Waals surface area contributed by atoms with E-state index < -0.39 is 0 Å². The van der Waals surface area contributed by atoms with Gasteiger partial charge < -0.3 is 10.4 Å². The summed E-state index contributed by atoms with van der Waals surface area (Å²) >= 11 is 0. The number of carbonyl (C=O) groups excluding carboxylic acids is 1. The molecule has 1 amide bonds. The number of hydrogen-bond acceptors (Lipinski definition) is 2. The van der Waals surface area contributed by atoms with E-state index in [1.807, 2.05) is 25.1 Å². The first kappa shape index (κ1) is 14.6. The van der Waals surface area contributed by atoms with Gasteiger partial charge in [-0.25, -0.2) is 0 Å². The Morgan fingerprint density at radius 3 is 2.85 bits per heavy atom. The maximum atomic E-state index is 12.3. The molecule has 0 atom stereocenters. The van der Waals surface area contributed by atoms with Crippen LogP contribution in [0.15, 0.2) is 18.2 Å². The summed E-state index contributed by atoms with van der Waals surface area (Å²) in [4.78, 5) is 12.3. The van der Waals surface area contributed by atoms with Gasteiger partial charge in [0, 0.05) is 18.0 Å². The molecule has 1 aliphatic rings. The number of aryl methyl sites for hydroxylation is 1. The fourth-order valence-electron chi connectivity index (χ4n) is 2.46. The van der Waals surface area contributed by atoms with Gasteiger partial charge in [0.25, 0.3) is 5.91 Å². The molecule has 3 heteroatoms. The van der Waals surface area contributed by atoms with Gasteiger partial charge in [0.05, 0.1) is 12.2 Å². The third-order valence-electron chi connectivity index (χ3n) is 3.59. The Morgan fingerprint density at radius 1 is 1.45 bits per heavy atom. The topological polar surface area (TPSA) is 49.3 Å². The van der Waals surface area contributed by atoms with Crippen LogP contribution in [0.25, 0.3) is 0 Å². The van der Waals surface area contributed by atoms with Crippen molar-refractivity contribution >= 4 is 5.91 Å². The molecule has 1 aromatic rings. The summed E-state index contributed by atoms with van der Waals surface area (Å²) in [6, 6.07) is 5.98. The minimum absolute atomic E-state index is 0.0420. The van der Waals surface area contributed by atoms with Crippen molar-refractivity contribution in [2.24, 2.45) is 5.92 Å². The van der Waals surface area contributed by atoms with Crippen LogP contribution in [-0.4, -0.2) is 23.7 Å². The van der Waals surface area contributed by atoms with Crippen LogP contribution in [-0.2, 0) is 0 Å². The number of aliphatic hydroxyl groups is 1. The number of carbonyl (C=O) groups is 1. The van der Waals surface area contributed by atoms with E-state index >= 15 is 0 Å². The first-order chi connectivity index (χ1) is 9.60. The number of amides is 1. The Balaban J connectivity index is 2.13. The molecule has 0 saturated heterocycles. The zero-order valence-electron chi connectivity index (χ0n) is 12.1. The van der Waals surface area contributed by atoms with Crippen molar-refractivity contribution in [1.29, 1.82) is 0 Å². The average Bonchev–Trinajstić information content (AvgIpc) is 2.37. The zero-order chi connectivity index (χ0) is 14.5. The van der Waals surface area contributed by atoms with Crippen LogP contribution in [0.4, 0.5) is 0 Å². The van der Waals surface area contributed by atoms with Crippen molar-refractivity contribution in [3.05, 3.63) is 34.9 Å². The molecular formula is C17H21NO2. The number of hydrogen-bond donors (Lipinski definition) is 2. The van der Waals surface area contributed by atoms with E-state index in [4.69, 9.17) is 5.11 Å².